The zero-order valence-electron chi connectivity index (χ0n) is 10.1. The van der Waals surface area contributed by atoms with Crippen LogP contribution in [0, 0.1) is 17.5 Å². The van der Waals surface area contributed by atoms with Crippen LogP contribution in [0.1, 0.15) is 17.2 Å². The first-order valence-corrected chi connectivity index (χ1v) is 6.39. The average Bonchev–Trinajstić information content (AvgIpc) is 2.34. The molecule has 0 aromatic heterocycles. The molecule has 100 valence electrons. The number of hydrogen-bond acceptors (Lipinski definition) is 1. The Kier molecular flexibility index (Phi) is 4.27. The fraction of sp³-hybridized carbons (Fsp3) is 0.143. The topological polar surface area (TPSA) is 12.0 Å². The summed E-state index contributed by atoms with van der Waals surface area (Å²) in [6.07, 6.45) is 0. The minimum atomic E-state index is -0.643. The lowest BCUT2D eigenvalue weighted by atomic mass is 9.98. The van der Waals surface area contributed by atoms with Gasteiger partial charge in [0, 0.05) is 16.1 Å². The highest BCUT2D eigenvalue weighted by Crippen LogP contribution is 2.30. The first-order chi connectivity index (χ1) is 9.02. The number of halogens is 4. The minimum Gasteiger partial charge on any atom is -0.309 e. The highest BCUT2D eigenvalue weighted by Gasteiger charge is 2.19. The van der Waals surface area contributed by atoms with Gasteiger partial charge in [0.1, 0.15) is 17.5 Å². The van der Waals surface area contributed by atoms with Crippen molar-refractivity contribution in [2.75, 3.05) is 7.05 Å². The van der Waals surface area contributed by atoms with Crippen molar-refractivity contribution in [3.63, 3.8) is 0 Å². The van der Waals surface area contributed by atoms with E-state index >= 15 is 0 Å². The second-order valence-electron chi connectivity index (χ2n) is 4.05. The molecule has 0 aliphatic carbocycles. The Balaban J connectivity index is 2.50. The van der Waals surface area contributed by atoms with Gasteiger partial charge in [0.15, 0.2) is 0 Å². The third-order valence-corrected chi connectivity index (χ3v) is 3.52. The molecule has 0 saturated heterocycles. The first kappa shape index (κ1) is 14.1. The number of benzene rings is 2. The molecular formula is C14H11BrF3N. The van der Waals surface area contributed by atoms with Gasteiger partial charge in [-0.05, 0) is 30.8 Å². The van der Waals surface area contributed by atoms with Gasteiger partial charge in [-0.25, -0.2) is 13.2 Å². The van der Waals surface area contributed by atoms with Crippen LogP contribution in [0.3, 0.4) is 0 Å². The number of nitrogens with one attached hydrogen (secondary N) is 1. The minimum absolute atomic E-state index is 0.302. The molecule has 0 aliphatic heterocycles. The molecule has 1 unspecified atom stereocenters. The smallest absolute Gasteiger partial charge is 0.131 e. The van der Waals surface area contributed by atoms with Crippen LogP contribution in [0.25, 0.3) is 0 Å². The maximum atomic E-state index is 13.8. The lowest BCUT2D eigenvalue weighted by Gasteiger charge is -2.19. The molecule has 1 N–H and O–H groups in total. The summed E-state index contributed by atoms with van der Waals surface area (Å²) in [5.41, 5.74) is 0.977. The highest BCUT2D eigenvalue weighted by atomic mass is 79.9. The maximum Gasteiger partial charge on any atom is 0.131 e. The molecule has 19 heavy (non-hydrogen) atoms. The summed E-state index contributed by atoms with van der Waals surface area (Å²) in [6.45, 7) is 0. The Morgan fingerprint density at radius 2 is 1.53 bits per heavy atom. The van der Waals surface area contributed by atoms with Crippen molar-refractivity contribution in [3.8, 4) is 0 Å². The van der Waals surface area contributed by atoms with Gasteiger partial charge in [0.2, 0.25) is 0 Å². The van der Waals surface area contributed by atoms with Crippen LogP contribution in [-0.4, -0.2) is 7.05 Å². The zero-order chi connectivity index (χ0) is 14.0. The van der Waals surface area contributed by atoms with Crippen LogP contribution in [0.2, 0.25) is 0 Å². The third kappa shape index (κ3) is 2.98. The van der Waals surface area contributed by atoms with Crippen molar-refractivity contribution in [3.05, 3.63) is 69.4 Å². The predicted octanol–water partition coefficient (Wildman–Crippen LogP) is 4.18. The molecule has 0 amide bonds. The molecule has 0 bridgehead atoms. The molecule has 2 aromatic rings. The van der Waals surface area contributed by atoms with E-state index in [2.05, 4.69) is 21.2 Å². The normalized spacial score (nSPS) is 12.5. The predicted molar refractivity (Wildman–Crippen MR) is 71.4 cm³/mol. The SMILES string of the molecule is CNC(c1ccc(F)cc1F)c1ccc(F)cc1Br. The van der Waals surface area contributed by atoms with E-state index in [9.17, 15) is 13.2 Å². The van der Waals surface area contributed by atoms with Crippen molar-refractivity contribution in [1.82, 2.24) is 5.32 Å². The molecule has 1 nitrogen and oxygen atoms in total. The van der Waals surface area contributed by atoms with E-state index in [1.54, 1.807) is 13.1 Å². The van der Waals surface area contributed by atoms with Crippen LogP contribution in [-0.2, 0) is 0 Å². The summed E-state index contributed by atoms with van der Waals surface area (Å²) in [6, 6.07) is 7.07. The second kappa shape index (κ2) is 5.75. The van der Waals surface area contributed by atoms with Crippen molar-refractivity contribution >= 4 is 15.9 Å². The maximum absolute atomic E-state index is 13.8. The van der Waals surface area contributed by atoms with Crippen molar-refractivity contribution < 1.29 is 13.2 Å². The summed E-state index contributed by atoms with van der Waals surface area (Å²) in [7, 11) is 1.66. The number of hydrogen-bond donors (Lipinski definition) is 1. The molecule has 0 aliphatic rings. The fourth-order valence-electron chi connectivity index (χ4n) is 1.95. The lowest BCUT2D eigenvalue weighted by Crippen LogP contribution is -2.19. The van der Waals surface area contributed by atoms with E-state index in [-0.39, 0.29) is 5.82 Å². The van der Waals surface area contributed by atoms with Gasteiger partial charge in [0.05, 0.1) is 6.04 Å². The second-order valence-corrected chi connectivity index (χ2v) is 4.91. The lowest BCUT2D eigenvalue weighted by molar-refractivity contribution is 0.550. The van der Waals surface area contributed by atoms with E-state index in [0.717, 1.165) is 6.07 Å². The largest absolute Gasteiger partial charge is 0.309 e. The average molecular weight is 330 g/mol. The summed E-state index contributed by atoms with van der Waals surface area (Å²) >= 11 is 3.25. The number of rotatable bonds is 3. The van der Waals surface area contributed by atoms with Gasteiger partial charge < -0.3 is 5.32 Å². The molecule has 1 atom stereocenters. The molecule has 0 saturated carbocycles. The Morgan fingerprint density at radius 3 is 2.05 bits per heavy atom. The molecule has 0 spiro atoms. The van der Waals surface area contributed by atoms with Gasteiger partial charge in [-0.1, -0.05) is 28.1 Å². The van der Waals surface area contributed by atoms with Gasteiger partial charge in [-0.2, -0.15) is 0 Å². The Bertz CT molecular complexity index is 550. The van der Waals surface area contributed by atoms with Crippen LogP contribution < -0.4 is 5.32 Å². The van der Waals surface area contributed by atoms with Gasteiger partial charge in [-0.3, -0.25) is 0 Å². The fourth-order valence-corrected chi connectivity index (χ4v) is 2.53. The molecule has 0 fully saturated rings. The summed E-state index contributed by atoms with van der Waals surface area (Å²) in [5.74, 6) is -1.66. The van der Waals surface area contributed by atoms with E-state index in [1.165, 1.54) is 24.3 Å². The molecule has 2 aromatic carbocycles. The van der Waals surface area contributed by atoms with Crippen LogP contribution >= 0.6 is 15.9 Å². The molecule has 5 heteroatoms. The van der Waals surface area contributed by atoms with E-state index < -0.39 is 17.7 Å². The highest BCUT2D eigenvalue weighted by molar-refractivity contribution is 9.10. The molecular weight excluding hydrogens is 319 g/mol. The monoisotopic (exact) mass is 329 g/mol. The van der Waals surface area contributed by atoms with Crippen LogP contribution in [0.4, 0.5) is 13.2 Å². The summed E-state index contributed by atoms with van der Waals surface area (Å²) < 4.78 is 40.3. The van der Waals surface area contributed by atoms with Crippen molar-refractivity contribution in [2.24, 2.45) is 0 Å². The van der Waals surface area contributed by atoms with Gasteiger partial charge >= 0.3 is 0 Å². The van der Waals surface area contributed by atoms with E-state index in [0.29, 0.717) is 15.6 Å². The Hall–Kier alpha value is -1.33. The molecule has 0 radical (unpaired) electrons. The van der Waals surface area contributed by atoms with Crippen molar-refractivity contribution in [2.45, 2.75) is 6.04 Å². The van der Waals surface area contributed by atoms with Crippen LogP contribution in [0.15, 0.2) is 40.9 Å². The van der Waals surface area contributed by atoms with Crippen LogP contribution in [0.5, 0.6) is 0 Å². The van der Waals surface area contributed by atoms with Crippen molar-refractivity contribution in [1.29, 1.82) is 0 Å². The van der Waals surface area contributed by atoms with E-state index in [1.807, 2.05) is 0 Å². The quantitative estimate of drug-likeness (QED) is 0.890. The first-order valence-electron chi connectivity index (χ1n) is 5.60. The molecule has 2 rings (SSSR count). The Morgan fingerprint density at radius 1 is 0.947 bits per heavy atom. The summed E-state index contributed by atoms with van der Waals surface area (Å²) in [4.78, 5) is 0. The standard InChI is InChI=1S/C14H11BrF3N/c1-19-14(10-4-2-8(16)6-12(10)15)11-5-3-9(17)7-13(11)18/h2-7,14,19H,1H3. The third-order valence-electron chi connectivity index (χ3n) is 2.84. The summed E-state index contributed by atoms with van der Waals surface area (Å²) in [5, 5.41) is 2.94. The van der Waals surface area contributed by atoms with Gasteiger partial charge in [0.25, 0.3) is 0 Å². The Labute approximate surface area is 117 Å². The zero-order valence-corrected chi connectivity index (χ0v) is 11.6. The van der Waals surface area contributed by atoms with E-state index in [4.69, 9.17) is 0 Å². The van der Waals surface area contributed by atoms with Gasteiger partial charge in [-0.15, -0.1) is 0 Å². The molecule has 0 heterocycles.